The molecule has 1 saturated heterocycles. The maximum Gasteiger partial charge on any atom is 0.273 e. The number of aromatic nitrogens is 1. The van der Waals surface area contributed by atoms with Crippen molar-refractivity contribution >= 4 is 29.7 Å². The molecule has 0 spiro atoms. The van der Waals surface area contributed by atoms with Gasteiger partial charge in [-0.2, -0.15) is 0 Å². The first-order valence-corrected chi connectivity index (χ1v) is 9.62. The molecule has 1 aliphatic heterocycles. The Balaban J connectivity index is 0.00000208. The van der Waals surface area contributed by atoms with Gasteiger partial charge in [-0.25, -0.2) is 4.98 Å². The summed E-state index contributed by atoms with van der Waals surface area (Å²) in [6, 6.07) is 0.325. The molecule has 1 amide bonds. The molecule has 1 aromatic rings. The average molecular weight is 374 g/mol. The summed E-state index contributed by atoms with van der Waals surface area (Å²) in [5, 5.41) is 2.67. The van der Waals surface area contributed by atoms with Gasteiger partial charge in [0.1, 0.15) is 10.7 Å². The number of halogens is 1. The van der Waals surface area contributed by atoms with Gasteiger partial charge in [0.15, 0.2) is 0 Å². The number of nitrogens with zero attached hydrogens (tertiary/aromatic N) is 2. The van der Waals surface area contributed by atoms with Gasteiger partial charge in [-0.05, 0) is 44.4 Å². The quantitative estimate of drug-likeness (QED) is 0.860. The van der Waals surface area contributed by atoms with Gasteiger partial charge >= 0.3 is 0 Å². The van der Waals surface area contributed by atoms with Crippen LogP contribution in [0.5, 0.6) is 0 Å². The molecular weight excluding hydrogens is 346 g/mol. The number of hydrogen-bond donors (Lipinski definition) is 1. The Morgan fingerprint density at radius 3 is 2.71 bits per heavy atom. The molecule has 1 aliphatic carbocycles. The lowest BCUT2D eigenvalue weighted by Gasteiger charge is -2.37. The molecule has 1 aromatic heterocycles. The van der Waals surface area contributed by atoms with Crippen LogP contribution < -0.4 is 5.73 Å². The third-order valence-electron chi connectivity index (χ3n) is 5.06. The third-order valence-corrected chi connectivity index (χ3v) is 5.93. The summed E-state index contributed by atoms with van der Waals surface area (Å²) in [7, 11) is 0. The molecule has 0 bridgehead atoms. The molecule has 0 radical (unpaired) electrons. The van der Waals surface area contributed by atoms with Gasteiger partial charge in [0.05, 0.1) is 6.10 Å². The van der Waals surface area contributed by atoms with Crippen molar-refractivity contribution in [2.75, 3.05) is 13.2 Å². The maximum atomic E-state index is 13.0. The standard InChI is InChI=1S/C17H27N3O2S.ClH/c1-12-4-6-13(7-5-12)20(10-14-3-2-8-22-14)17(21)15-11-23-16(9-18)19-15;/h11-14H,2-10,18H2,1H3;1H. The lowest BCUT2D eigenvalue weighted by atomic mass is 9.86. The molecule has 2 fully saturated rings. The van der Waals surface area contributed by atoms with E-state index in [0.29, 0.717) is 24.8 Å². The fourth-order valence-corrected chi connectivity index (χ4v) is 4.26. The zero-order chi connectivity index (χ0) is 16.2. The van der Waals surface area contributed by atoms with Crippen LogP contribution >= 0.6 is 23.7 Å². The van der Waals surface area contributed by atoms with E-state index in [1.54, 1.807) is 0 Å². The number of carbonyl (C=O) groups excluding carboxylic acids is 1. The summed E-state index contributed by atoms with van der Waals surface area (Å²) >= 11 is 1.47. The summed E-state index contributed by atoms with van der Waals surface area (Å²) < 4.78 is 5.78. The van der Waals surface area contributed by atoms with Gasteiger partial charge in [0, 0.05) is 31.1 Å². The molecule has 2 aliphatic rings. The van der Waals surface area contributed by atoms with E-state index in [-0.39, 0.29) is 24.4 Å². The Labute approximate surface area is 154 Å². The minimum Gasteiger partial charge on any atom is -0.376 e. The predicted octanol–water partition coefficient (Wildman–Crippen LogP) is 3.22. The van der Waals surface area contributed by atoms with Gasteiger partial charge in [-0.1, -0.05) is 6.92 Å². The first-order chi connectivity index (χ1) is 11.2. The highest BCUT2D eigenvalue weighted by molar-refractivity contribution is 7.09. The summed E-state index contributed by atoms with van der Waals surface area (Å²) in [6.07, 6.45) is 6.92. The normalized spacial score (nSPS) is 26.8. The van der Waals surface area contributed by atoms with Crippen molar-refractivity contribution in [2.45, 2.75) is 64.1 Å². The van der Waals surface area contributed by atoms with Crippen molar-refractivity contribution < 1.29 is 9.53 Å². The van der Waals surface area contributed by atoms with Gasteiger partial charge in [0.25, 0.3) is 5.91 Å². The molecule has 0 aromatic carbocycles. The fraction of sp³-hybridized carbons (Fsp3) is 0.765. The molecule has 1 atom stereocenters. The predicted molar refractivity (Wildman–Crippen MR) is 98.7 cm³/mol. The number of thiazole rings is 1. The van der Waals surface area contributed by atoms with E-state index in [1.165, 1.54) is 24.2 Å². The summed E-state index contributed by atoms with van der Waals surface area (Å²) in [5.41, 5.74) is 6.18. The van der Waals surface area contributed by atoms with Crippen LogP contribution in [0, 0.1) is 5.92 Å². The van der Waals surface area contributed by atoms with E-state index in [0.717, 1.165) is 43.2 Å². The van der Waals surface area contributed by atoms with Crippen molar-refractivity contribution in [3.05, 3.63) is 16.1 Å². The average Bonchev–Trinajstić information content (AvgIpc) is 3.24. The van der Waals surface area contributed by atoms with Crippen LogP contribution in [0.1, 0.15) is 60.9 Å². The Morgan fingerprint density at radius 2 is 2.12 bits per heavy atom. The highest BCUT2D eigenvalue weighted by Crippen LogP contribution is 2.29. The second kappa shape index (κ2) is 9.13. The van der Waals surface area contributed by atoms with E-state index in [1.807, 2.05) is 10.3 Å². The highest BCUT2D eigenvalue weighted by atomic mass is 35.5. The van der Waals surface area contributed by atoms with Gasteiger partial charge in [-0.3, -0.25) is 4.79 Å². The van der Waals surface area contributed by atoms with Crippen LogP contribution in [0.4, 0.5) is 0 Å². The van der Waals surface area contributed by atoms with Crippen molar-refractivity contribution in [1.29, 1.82) is 0 Å². The van der Waals surface area contributed by atoms with E-state index < -0.39 is 0 Å². The molecule has 2 N–H and O–H groups in total. The second-order valence-corrected chi connectivity index (χ2v) is 7.78. The molecule has 5 nitrogen and oxygen atoms in total. The molecule has 1 saturated carbocycles. The third kappa shape index (κ3) is 4.69. The zero-order valence-electron chi connectivity index (χ0n) is 14.3. The Kier molecular flexibility index (Phi) is 7.47. The van der Waals surface area contributed by atoms with Crippen molar-refractivity contribution in [2.24, 2.45) is 11.7 Å². The Bertz CT molecular complexity index is 526. The molecule has 24 heavy (non-hydrogen) atoms. The molecular formula is C17H28ClN3O2S. The summed E-state index contributed by atoms with van der Waals surface area (Å²) in [5.74, 6) is 0.824. The van der Waals surface area contributed by atoms with Gasteiger partial charge in [0.2, 0.25) is 0 Å². The van der Waals surface area contributed by atoms with Crippen LogP contribution in [0.3, 0.4) is 0 Å². The Morgan fingerprint density at radius 1 is 1.38 bits per heavy atom. The van der Waals surface area contributed by atoms with Crippen molar-refractivity contribution in [3.63, 3.8) is 0 Å². The minimum atomic E-state index is 0. The molecule has 7 heteroatoms. The first-order valence-electron chi connectivity index (χ1n) is 8.74. The molecule has 3 rings (SSSR count). The lowest BCUT2D eigenvalue weighted by Crippen LogP contribution is -2.46. The van der Waals surface area contributed by atoms with Crippen molar-refractivity contribution in [1.82, 2.24) is 9.88 Å². The fourth-order valence-electron chi connectivity index (χ4n) is 3.61. The zero-order valence-corrected chi connectivity index (χ0v) is 15.9. The van der Waals surface area contributed by atoms with Gasteiger partial charge in [-0.15, -0.1) is 23.7 Å². The highest BCUT2D eigenvalue weighted by Gasteiger charge is 2.32. The molecule has 1 unspecified atom stereocenters. The van der Waals surface area contributed by atoms with Crippen LogP contribution in [0.15, 0.2) is 5.38 Å². The number of ether oxygens (including phenoxy) is 1. The summed E-state index contributed by atoms with van der Waals surface area (Å²) in [6.45, 7) is 4.22. The van der Waals surface area contributed by atoms with Crippen molar-refractivity contribution in [3.8, 4) is 0 Å². The largest absolute Gasteiger partial charge is 0.376 e. The minimum absolute atomic E-state index is 0. The number of amides is 1. The van der Waals surface area contributed by atoms with E-state index in [4.69, 9.17) is 10.5 Å². The van der Waals surface area contributed by atoms with Gasteiger partial charge < -0.3 is 15.4 Å². The molecule has 2 heterocycles. The number of nitrogens with two attached hydrogens (primary N) is 1. The van der Waals surface area contributed by atoms with Crippen LogP contribution in [-0.4, -0.2) is 41.1 Å². The van der Waals surface area contributed by atoms with Crippen LogP contribution in [0.2, 0.25) is 0 Å². The molecule has 136 valence electrons. The maximum absolute atomic E-state index is 13.0. The van der Waals surface area contributed by atoms with E-state index in [9.17, 15) is 4.79 Å². The lowest BCUT2D eigenvalue weighted by molar-refractivity contribution is 0.0338. The second-order valence-electron chi connectivity index (χ2n) is 6.84. The Hall–Kier alpha value is -0.690. The number of carbonyl (C=O) groups is 1. The first kappa shape index (κ1) is 19.6. The number of rotatable bonds is 5. The topological polar surface area (TPSA) is 68.5 Å². The van der Waals surface area contributed by atoms with Crippen LogP contribution in [-0.2, 0) is 11.3 Å². The van der Waals surface area contributed by atoms with Crippen LogP contribution in [0.25, 0.3) is 0 Å². The number of hydrogen-bond acceptors (Lipinski definition) is 5. The summed E-state index contributed by atoms with van der Waals surface area (Å²) in [4.78, 5) is 19.5. The smallest absolute Gasteiger partial charge is 0.273 e. The SMILES string of the molecule is CC1CCC(N(CC2CCCO2)C(=O)c2csc(CN)n2)CC1.Cl. The van der Waals surface area contributed by atoms with E-state index in [2.05, 4.69) is 11.9 Å². The van der Waals surface area contributed by atoms with E-state index >= 15 is 0 Å². The monoisotopic (exact) mass is 373 g/mol.